The van der Waals surface area contributed by atoms with Gasteiger partial charge in [-0.3, -0.25) is 9.35 Å². The Balaban J connectivity index is 1.66. The second-order valence-electron chi connectivity index (χ2n) is 7.03. The first-order chi connectivity index (χ1) is 9.29. The second-order valence-corrected chi connectivity index (χ2v) is 8.60. The maximum Gasteiger partial charge on any atom is 0.312 e. The average Bonchev–Trinajstić information content (AvgIpc) is 2.33. The number of carbonyl (C=O) groups excluding carboxylic acids is 1. The summed E-state index contributed by atoms with van der Waals surface area (Å²) in [5, 5.41) is 0. The van der Waals surface area contributed by atoms with Gasteiger partial charge in [-0.1, -0.05) is 6.92 Å². The van der Waals surface area contributed by atoms with Crippen molar-refractivity contribution in [3.8, 4) is 0 Å². The third kappa shape index (κ3) is 2.48. The Morgan fingerprint density at radius 2 is 1.85 bits per heavy atom. The monoisotopic (exact) mass is 302 g/mol. The molecule has 4 saturated carbocycles. The van der Waals surface area contributed by atoms with E-state index in [9.17, 15) is 13.2 Å². The fourth-order valence-electron chi connectivity index (χ4n) is 4.92. The lowest BCUT2D eigenvalue weighted by molar-refractivity contribution is -0.175. The van der Waals surface area contributed by atoms with Gasteiger partial charge in [-0.2, -0.15) is 8.42 Å². The summed E-state index contributed by atoms with van der Waals surface area (Å²) in [7, 11) is -4.06. The first kappa shape index (κ1) is 14.3. The summed E-state index contributed by atoms with van der Waals surface area (Å²) in [6.45, 7) is 2.05. The molecule has 0 radical (unpaired) electrons. The van der Waals surface area contributed by atoms with Crippen LogP contribution < -0.4 is 0 Å². The minimum Gasteiger partial charge on any atom is -0.464 e. The van der Waals surface area contributed by atoms with Crippen LogP contribution >= 0.6 is 0 Å². The second kappa shape index (κ2) is 4.70. The molecular weight excluding hydrogens is 280 g/mol. The van der Waals surface area contributed by atoms with E-state index in [1.165, 1.54) is 12.8 Å². The van der Waals surface area contributed by atoms with Crippen LogP contribution in [0.5, 0.6) is 0 Å². The van der Waals surface area contributed by atoms with E-state index in [0.717, 1.165) is 19.3 Å². The van der Waals surface area contributed by atoms with E-state index in [-0.39, 0.29) is 18.0 Å². The molecule has 0 saturated heterocycles. The van der Waals surface area contributed by atoms with Crippen LogP contribution in [-0.4, -0.2) is 31.3 Å². The van der Waals surface area contributed by atoms with E-state index < -0.39 is 15.9 Å². The number of carbonyl (C=O) groups is 1. The molecule has 0 amide bonds. The number of esters is 1. The first-order valence-electron chi connectivity index (χ1n) is 7.41. The highest BCUT2D eigenvalue weighted by molar-refractivity contribution is 7.85. The van der Waals surface area contributed by atoms with Gasteiger partial charge < -0.3 is 4.74 Å². The molecule has 4 fully saturated rings. The number of hydrogen-bond donors (Lipinski definition) is 1. The van der Waals surface area contributed by atoms with E-state index in [0.29, 0.717) is 23.7 Å². The first-order valence-corrected chi connectivity index (χ1v) is 9.02. The van der Waals surface area contributed by atoms with Crippen LogP contribution in [0.3, 0.4) is 0 Å². The molecule has 0 spiro atoms. The maximum absolute atomic E-state index is 12.4. The predicted octanol–water partition coefficient (Wildman–Crippen LogP) is 1.88. The SMILES string of the molecule is CC1C2CC3CC1CC(C(=O)OCCS(=O)(=O)O)(C3)C2. The molecule has 0 aromatic rings. The van der Waals surface area contributed by atoms with Crippen molar-refractivity contribution in [3.05, 3.63) is 0 Å². The van der Waals surface area contributed by atoms with Crippen molar-refractivity contribution in [2.75, 3.05) is 12.4 Å². The summed E-state index contributed by atoms with van der Waals surface area (Å²) in [6.07, 6.45) is 5.16. The topological polar surface area (TPSA) is 80.7 Å². The molecule has 114 valence electrons. The summed E-state index contributed by atoms with van der Waals surface area (Å²) in [6, 6.07) is 0. The van der Waals surface area contributed by atoms with Crippen LogP contribution in [0.2, 0.25) is 0 Å². The standard InChI is InChI=1S/C14H22O5S/c1-9-11-4-10-5-12(9)8-14(6-10,7-11)13(15)19-2-3-20(16,17)18/h9-12H,2-8H2,1H3,(H,16,17,18). The van der Waals surface area contributed by atoms with Crippen LogP contribution in [0.25, 0.3) is 0 Å². The van der Waals surface area contributed by atoms with Crippen LogP contribution in [0.4, 0.5) is 0 Å². The predicted molar refractivity (Wildman–Crippen MR) is 72.5 cm³/mol. The van der Waals surface area contributed by atoms with Gasteiger partial charge in [-0.05, 0) is 55.8 Å². The lowest BCUT2D eigenvalue weighted by Gasteiger charge is -2.58. The lowest BCUT2D eigenvalue weighted by atomic mass is 9.46. The molecule has 2 atom stereocenters. The van der Waals surface area contributed by atoms with Crippen molar-refractivity contribution >= 4 is 16.1 Å². The van der Waals surface area contributed by atoms with E-state index in [4.69, 9.17) is 9.29 Å². The van der Waals surface area contributed by atoms with Crippen molar-refractivity contribution in [2.45, 2.75) is 39.0 Å². The molecule has 0 aromatic heterocycles. The number of rotatable bonds is 4. The van der Waals surface area contributed by atoms with Crippen molar-refractivity contribution in [1.82, 2.24) is 0 Å². The average molecular weight is 302 g/mol. The van der Waals surface area contributed by atoms with Crippen molar-refractivity contribution in [2.24, 2.45) is 29.1 Å². The fourth-order valence-corrected chi connectivity index (χ4v) is 5.21. The van der Waals surface area contributed by atoms with E-state index in [1.807, 2.05) is 0 Å². The Labute approximate surface area is 119 Å². The van der Waals surface area contributed by atoms with Gasteiger partial charge >= 0.3 is 5.97 Å². The molecular formula is C14H22O5S. The molecule has 6 heteroatoms. The normalized spacial score (nSPS) is 42.7. The van der Waals surface area contributed by atoms with Crippen molar-refractivity contribution in [3.63, 3.8) is 0 Å². The summed E-state index contributed by atoms with van der Waals surface area (Å²) in [5.74, 6) is 1.82. The largest absolute Gasteiger partial charge is 0.464 e. The zero-order valence-corrected chi connectivity index (χ0v) is 12.6. The summed E-state index contributed by atoms with van der Waals surface area (Å²) in [5.41, 5.74) is -0.373. The van der Waals surface area contributed by atoms with Gasteiger partial charge in [-0.15, -0.1) is 0 Å². The lowest BCUT2D eigenvalue weighted by Crippen LogP contribution is -2.54. The molecule has 5 nitrogen and oxygen atoms in total. The minimum absolute atomic E-state index is 0.241. The molecule has 4 bridgehead atoms. The number of hydrogen-bond acceptors (Lipinski definition) is 4. The Kier molecular flexibility index (Phi) is 3.36. The van der Waals surface area contributed by atoms with Gasteiger partial charge in [0, 0.05) is 0 Å². The molecule has 4 aliphatic rings. The fraction of sp³-hybridized carbons (Fsp3) is 0.929. The Hall–Kier alpha value is -0.620. The minimum atomic E-state index is -4.06. The third-order valence-electron chi connectivity index (χ3n) is 5.75. The summed E-state index contributed by atoms with van der Waals surface area (Å²) in [4.78, 5) is 12.4. The van der Waals surface area contributed by atoms with Gasteiger partial charge in [0.25, 0.3) is 10.1 Å². The van der Waals surface area contributed by atoms with E-state index in [1.54, 1.807) is 0 Å². The van der Waals surface area contributed by atoms with Crippen molar-refractivity contribution in [1.29, 1.82) is 0 Å². The summed E-state index contributed by atoms with van der Waals surface area (Å²) < 4.78 is 35.2. The maximum atomic E-state index is 12.4. The Bertz CT molecular complexity index is 496. The van der Waals surface area contributed by atoms with Gasteiger partial charge in [0.2, 0.25) is 0 Å². The molecule has 0 aromatic carbocycles. The molecule has 0 heterocycles. The molecule has 20 heavy (non-hydrogen) atoms. The van der Waals surface area contributed by atoms with Crippen LogP contribution in [0, 0.1) is 29.1 Å². The van der Waals surface area contributed by atoms with Gasteiger partial charge in [0.05, 0.1) is 5.41 Å². The molecule has 0 aliphatic heterocycles. The van der Waals surface area contributed by atoms with Gasteiger partial charge in [0.15, 0.2) is 0 Å². The zero-order chi connectivity index (χ0) is 14.5. The number of ether oxygens (including phenoxy) is 1. The summed E-state index contributed by atoms with van der Waals surface area (Å²) >= 11 is 0. The van der Waals surface area contributed by atoms with E-state index in [2.05, 4.69) is 6.92 Å². The van der Waals surface area contributed by atoms with Crippen LogP contribution in [0.1, 0.15) is 39.0 Å². The van der Waals surface area contributed by atoms with Gasteiger partial charge in [0.1, 0.15) is 12.4 Å². The Morgan fingerprint density at radius 3 is 2.40 bits per heavy atom. The van der Waals surface area contributed by atoms with Crippen LogP contribution in [-0.2, 0) is 19.6 Å². The Morgan fingerprint density at radius 1 is 1.25 bits per heavy atom. The van der Waals surface area contributed by atoms with E-state index >= 15 is 0 Å². The molecule has 1 N–H and O–H groups in total. The zero-order valence-electron chi connectivity index (χ0n) is 11.7. The quantitative estimate of drug-likeness (QED) is 0.633. The third-order valence-corrected chi connectivity index (χ3v) is 6.43. The van der Waals surface area contributed by atoms with Gasteiger partial charge in [-0.25, -0.2) is 0 Å². The molecule has 4 aliphatic carbocycles. The molecule has 2 unspecified atom stereocenters. The smallest absolute Gasteiger partial charge is 0.312 e. The van der Waals surface area contributed by atoms with Crippen LogP contribution in [0.15, 0.2) is 0 Å². The highest BCUT2D eigenvalue weighted by atomic mass is 32.2. The molecule has 4 rings (SSSR count). The highest BCUT2D eigenvalue weighted by Crippen LogP contribution is 2.62. The van der Waals surface area contributed by atoms with Crippen molar-refractivity contribution < 1.29 is 22.5 Å². The highest BCUT2D eigenvalue weighted by Gasteiger charge is 2.57.